The van der Waals surface area contributed by atoms with Crippen molar-refractivity contribution in [1.82, 2.24) is 4.90 Å². The Hall–Kier alpha value is -0.775. The molecule has 3 fully saturated rings. The topological polar surface area (TPSA) is 30.9 Å². The molecule has 23 heavy (non-hydrogen) atoms. The summed E-state index contributed by atoms with van der Waals surface area (Å²) < 4.78 is 18.5. The number of nitrogens with zero attached hydrogens (tertiary/aromatic N) is 1. The maximum Gasteiger partial charge on any atom is 0.465 e. The summed E-state index contributed by atoms with van der Waals surface area (Å²) in [6.07, 6.45) is 11.1. The quantitative estimate of drug-likeness (QED) is 0.732. The van der Waals surface area contributed by atoms with Crippen molar-refractivity contribution in [2.75, 3.05) is 13.1 Å². The van der Waals surface area contributed by atoms with Crippen molar-refractivity contribution in [2.24, 2.45) is 0 Å². The van der Waals surface area contributed by atoms with E-state index < -0.39 is 0 Å². The SMILES string of the molecule is CC1(C)OB(C2C=C(N3CC4CCC(C3)O4)C=CC2)OC1(C)C. The van der Waals surface area contributed by atoms with Crippen LogP contribution in [-0.2, 0) is 14.0 Å². The average molecular weight is 317 g/mol. The van der Waals surface area contributed by atoms with E-state index in [0.29, 0.717) is 12.2 Å². The largest absolute Gasteiger partial charge is 0.465 e. The van der Waals surface area contributed by atoms with Crippen molar-refractivity contribution in [2.45, 2.75) is 76.2 Å². The minimum absolute atomic E-state index is 0.155. The number of hydrogen-bond donors (Lipinski definition) is 0. The number of hydrogen-bond acceptors (Lipinski definition) is 4. The second kappa shape index (κ2) is 5.37. The van der Waals surface area contributed by atoms with E-state index in [2.05, 4.69) is 50.8 Å². The zero-order valence-corrected chi connectivity index (χ0v) is 14.7. The third-order valence-electron chi connectivity index (χ3n) is 6.11. The van der Waals surface area contributed by atoms with Crippen LogP contribution in [-0.4, -0.2) is 48.5 Å². The van der Waals surface area contributed by atoms with Gasteiger partial charge < -0.3 is 18.9 Å². The summed E-state index contributed by atoms with van der Waals surface area (Å²) >= 11 is 0. The fraction of sp³-hybridized carbons (Fsp3) is 0.778. The Morgan fingerprint density at radius 2 is 1.65 bits per heavy atom. The van der Waals surface area contributed by atoms with Crippen molar-refractivity contribution in [3.63, 3.8) is 0 Å². The average Bonchev–Trinajstić information content (AvgIpc) is 2.94. The number of rotatable bonds is 2. The van der Waals surface area contributed by atoms with Gasteiger partial charge in [-0.2, -0.15) is 0 Å². The molecular formula is C18H28BNO3. The molecular weight excluding hydrogens is 289 g/mol. The predicted octanol–water partition coefficient (Wildman–Crippen LogP) is 3.16. The molecule has 0 spiro atoms. The summed E-state index contributed by atoms with van der Waals surface area (Å²) in [5.41, 5.74) is 0.798. The molecule has 0 aromatic heterocycles. The molecule has 3 atom stereocenters. The van der Waals surface area contributed by atoms with E-state index in [-0.39, 0.29) is 24.1 Å². The summed E-state index contributed by atoms with van der Waals surface area (Å²) in [5, 5.41) is 0. The van der Waals surface area contributed by atoms with Crippen molar-refractivity contribution >= 4 is 7.12 Å². The highest BCUT2D eigenvalue weighted by molar-refractivity contribution is 6.48. The Labute approximate surface area is 140 Å². The molecule has 0 radical (unpaired) electrons. The normalized spacial score (nSPS) is 38.1. The summed E-state index contributed by atoms with van der Waals surface area (Å²) in [6, 6.07) is 0. The number of likely N-dealkylation sites (tertiary alicyclic amines) is 1. The molecule has 1 aliphatic carbocycles. The van der Waals surface area contributed by atoms with Gasteiger partial charge in [0.15, 0.2) is 0 Å². The fourth-order valence-electron chi connectivity index (χ4n) is 3.98. The maximum atomic E-state index is 6.25. The highest BCUT2D eigenvalue weighted by atomic mass is 16.7. The van der Waals surface area contributed by atoms with Gasteiger partial charge >= 0.3 is 7.12 Å². The molecule has 3 saturated heterocycles. The smallest absolute Gasteiger partial charge is 0.403 e. The van der Waals surface area contributed by atoms with E-state index in [4.69, 9.17) is 14.0 Å². The van der Waals surface area contributed by atoms with Crippen LogP contribution in [0.2, 0.25) is 5.82 Å². The van der Waals surface area contributed by atoms with E-state index in [1.54, 1.807) is 0 Å². The summed E-state index contributed by atoms with van der Waals surface area (Å²) in [6.45, 7) is 10.5. The molecule has 2 bridgehead atoms. The molecule has 0 saturated carbocycles. The van der Waals surface area contributed by atoms with Gasteiger partial charge in [-0.3, -0.25) is 0 Å². The number of allylic oxidation sites excluding steroid dienone is 3. The lowest BCUT2D eigenvalue weighted by Crippen LogP contribution is -2.42. The zero-order chi connectivity index (χ0) is 16.2. The Bertz CT molecular complexity index is 514. The highest BCUT2D eigenvalue weighted by Gasteiger charge is 2.53. The van der Waals surface area contributed by atoms with Gasteiger partial charge in [-0.1, -0.05) is 12.2 Å². The van der Waals surface area contributed by atoms with Crippen LogP contribution in [0.1, 0.15) is 47.0 Å². The van der Waals surface area contributed by atoms with Crippen LogP contribution in [0, 0.1) is 0 Å². The molecule has 3 heterocycles. The van der Waals surface area contributed by atoms with Crippen LogP contribution in [0.4, 0.5) is 0 Å². The molecule has 0 N–H and O–H groups in total. The molecule has 0 aromatic carbocycles. The lowest BCUT2D eigenvalue weighted by molar-refractivity contribution is -0.0256. The van der Waals surface area contributed by atoms with Gasteiger partial charge in [0.2, 0.25) is 0 Å². The number of ether oxygens (including phenoxy) is 1. The zero-order valence-electron chi connectivity index (χ0n) is 14.7. The first-order chi connectivity index (χ1) is 10.8. The molecule has 0 aromatic rings. The van der Waals surface area contributed by atoms with E-state index in [0.717, 1.165) is 19.5 Å². The standard InChI is InChI=1S/C18H28BNO3/c1-17(2)18(3,4)23-19(22-17)13-6-5-7-14(10-13)20-11-15-8-9-16(12-20)21-15/h5,7,10,13,15-16H,6,8-9,11-12H2,1-4H3. The first-order valence-corrected chi connectivity index (χ1v) is 8.98. The Balaban J connectivity index is 1.49. The van der Waals surface area contributed by atoms with Gasteiger partial charge in [0.25, 0.3) is 0 Å². The fourth-order valence-corrected chi connectivity index (χ4v) is 3.98. The van der Waals surface area contributed by atoms with Gasteiger partial charge in [0.05, 0.1) is 23.4 Å². The Kier molecular flexibility index (Phi) is 3.67. The van der Waals surface area contributed by atoms with E-state index >= 15 is 0 Å². The lowest BCUT2D eigenvalue weighted by Gasteiger charge is -2.36. The molecule has 5 heteroatoms. The second-order valence-corrected chi connectivity index (χ2v) is 8.38. The summed E-state index contributed by atoms with van der Waals surface area (Å²) in [4.78, 5) is 2.49. The van der Waals surface area contributed by atoms with E-state index in [1.165, 1.54) is 18.5 Å². The van der Waals surface area contributed by atoms with Crippen molar-refractivity contribution < 1.29 is 14.0 Å². The predicted molar refractivity (Wildman–Crippen MR) is 91.1 cm³/mol. The van der Waals surface area contributed by atoms with Gasteiger partial charge in [-0.25, -0.2) is 0 Å². The number of morpholine rings is 1. The van der Waals surface area contributed by atoms with Gasteiger partial charge in [0.1, 0.15) is 0 Å². The van der Waals surface area contributed by atoms with Crippen LogP contribution < -0.4 is 0 Å². The summed E-state index contributed by atoms with van der Waals surface area (Å²) in [5.74, 6) is 0.288. The van der Waals surface area contributed by atoms with E-state index in [1.807, 2.05) is 0 Å². The van der Waals surface area contributed by atoms with E-state index in [9.17, 15) is 0 Å². The number of fused-ring (bicyclic) bond motifs is 2. The lowest BCUT2D eigenvalue weighted by atomic mass is 9.68. The van der Waals surface area contributed by atoms with Gasteiger partial charge in [-0.15, -0.1) is 0 Å². The van der Waals surface area contributed by atoms with Crippen LogP contribution >= 0.6 is 0 Å². The van der Waals surface area contributed by atoms with Crippen LogP contribution in [0.5, 0.6) is 0 Å². The Morgan fingerprint density at radius 3 is 2.26 bits per heavy atom. The molecule has 0 amide bonds. The third-order valence-corrected chi connectivity index (χ3v) is 6.11. The van der Waals surface area contributed by atoms with Gasteiger partial charge in [-0.05, 0) is 53.0 Å². The molecule has 4 nitrogen and oxygen atoms in total. The van der Waals surface area contributed by atoms with Crippen LogP contribution in [0.25, 0.3) is 0 Å². The molecule has 4 aliphatic rings. The minimum atomic E-state index is -0.259. The van der Waals surface area contributed by atoms with Crippen LogP contribution in [0.3, 0.4) is 0 Å². The van der Waals surface area contributed by atoms with Gasteiger partial charge in [0, 0.05) is 24.6 Å². The van der Waals surface area contributed by atoms with Crippen molar-refractivity contribution in [3.8, 4) is 0 Å². The first-order valence-electron chi connectivity index (χ1n) is 8.98. The monoisotopic (exact) mass is 317 g/mol. The second-order valence-electron chi connectivity index (χ2n) is 8.38. The summed E-state index contributed by atoms with van der Waals surface area (Å²) in [7, 11) is -0.155. The molecule has 3 unspecified atom stereocenters. The highest BCUT2D eigenvalue weighted by Crippen LogP contribution is 2.42. The third kappa shape index (κ3) is 2.77. The maximum absolute atomic E-state index is 6.25. The molecule has 3 aliphatic heterocycles. The Morgan fingerprint density at radius 1 is 1.04 bits per heavy atom. The minimum Gasteiger partial charge on any atom is -0.403 e. The molecule has 4 rings (SSSR count). The first kappa shape index (κ1) is 15.7. The molecule has 126 valence electrons. The van der Waals surface area contributed by atoms with Crippen molar-refractivity contribution in [3.05, 3.63) is 23.9 Å². The van der Waals surface area contributed by atoms with Crippen molar-refractivity contribution in [1.29, 1.82) is 0 Å². The van der Waals surface area contributed by atoms with Crippen LogP contribution in [0.15, 0.2) is 23.9 Å².